The first kappa shape index (κ1) is 15.1. The smallest absolute Gasteiger partial charge is 0.258 e. The molecule has 1 aromatic heterocycles. The van der Waals surface area contributed by atoms with Crippen LogP contribution in [0.25, 0.3) is 10.2 Å². The predicted octanol–water partition coefficient (Wildman–Crippen LogP) is 3.80. The Morgan fingerprint density at radius 3 is 2.45 bits per heavy atom. The van der Waals surface area contributed by atoms with Gasteiger partial charge in [-0.05, 0) is 30.3 Å². The number of hydrogen-bond acceptors (Lipinski definition) is 6. The van der Waals surface area contributed by atoms with Crippen LogP contribution >= 0.6 is 27.3 Å². The maximum atomic E-state index is 12.5. The van der Waals surface area contributed by atoms with E-state index in [0.29, 0.717) is 10.2 Å². The Bertz CT molecular complexity index is 981. The van der Waals surface area contributed by atoms with E-state index in [1.807, 2.05) is 0 Å². The predicted molar refractivity (Wildman–Crippen MR) is 85.9 cm³/mol. The first-order valence-electron chi connectivity index (χ1n) is 5.93. The molecule has 0 aliphatic rings. The summed E-state index contributed by atoms with van der Waals surface area (Å²) in [6.45, 7) is 0. The fourth-order valence-electron chi connectivity index (χ4n) is 1.84. The van der Waals surface area contributed by atoms with Crippen LogP contribution in [0.1, 0.15) is 0 Å². The molecular formula is C13H7BrN2O4S2. The second-order valence-electron chi connectivity index (χ2n) is 4.35. The van der Waals surface area contributed by atoms with E-state index in [4.69, 9.17) is 0 Å². The molecule has 0 amide bonds. The van der Waals surface area contributed by atoms with Crippen LogP contribution in [-0.2, 0) is 9.84 Å². The standard InChI is InChI=1S/C13H7BrN2O4S2/c14-8-1-4-10(5-2-8)22(19,20)13-15-11-7-9(16(17)18)3-6-12(11)21-13/h1-7H. The fraction of sp³-hybridized carbons (Fsp3) is 0. The van der Waals surface area contributed by atoms with E-state index < -0.39 is 14.8 Å². The first-order valence-corrected chi connectivity index (χ1v) is 9.03. The highest BCUT2D eigenvalue weighted by atomic mass is 79.9. The SMILES string of the molecule is O=[N+]([O-])c1ccc2sc(S(=O)(=O)c3ccc(Br)cc3)nc2c1. The zero-order valence-corrected chi connectivity index (χ0v) is 14.0. The molecule has 0 spiro atoms. The van der Waals surface area contributed by atoms with E-state index in [0.717, 1.165) is 15.8 Å². The van der Waals surface area contributed by atoms with E-state index in [-0.39, 0.29) is 14.9 Å². The highest BCUT2D eigenvalue weighted by Crippen LogP contribution is 2.31. The Morgan fingerprint density at radius 1 is 1.14 bits per heavy atom. The number of rotatable bonds is 3. The van der Waals surface area contributed by atoms with Crippen molar-refractivity contribution in [2.24, 2.45) is 0 Å². The normalized spacial score (nSPS) is 11.7. The summed E-state index contributed by atoms with van der Waals surface area (Å²) in [5.74, 6) is 0. The van der Waals surface area contributed by atoms with Gasteiger partial charge >= 0.3 is 0 Å². The van der Waals surface area contributed by atoms with Crippen molar-refractivity contribution in [1.82, 2.24) is 4.98 Å². The lowest BCUT2D eigenvalue weighted by Crippen LogP contribution is -2.00. The van der Waals surface area contributed by atoms with Crippen LogP contribution in [0.5, 0.6) is 0 Å². The molecule has 0 unspecified atom stereocenters. The van der Waals surface area contributed by atoms with Crippen LogP contribution < -0.4 is 0 Å². The average molecular weight is 399 g/mol. The largest absolute Gasteiger partial charge is 0.271 e. The summed E-state index contributed by atoms with van der Waals surface area (Å²) >= 11 is 4.24. The molecule has 0 fully saturated rings. The van der Waals surface area contributed by atoms with Crippen molar-refractivity contribution in [1.29, 1.82) is 0 Å². The Hall–Kier alpha value is -1.84. The van der Waals surface area contributed by atoms with Crippen molar-refractivity contribution in [3.63, 3.8) is 0 Å². The number of thiazole rings is 1. The minimum Gasteiger partial charge on any atom is -0.258 e. The van der Waals surface area contributed by atoms with Gasteiger partial charge in [0.2, 0.25) is 14.2 Å². The molecule has 0 atom stereocenters. The number of hydrogen-bond donors (Lipinski definition) is 0. The molecule has 112 valence electrons. The van der Waals surface area contributed by atoms with Crippen molar-refractivity contribution < 1.29 is 13.3 Å². The van der Waals surface area contributed by atoms with Gasteiger partial charge in [0.25, 0.3) is 5.69 Å². The topological polar surface area (TPSA) is 90.2 Å². The Morgan fingerprint density at radius 2 is 1.82 bits per heavy atom. The molecule has 3 aromatic rings. The van der Waals surface area contributed by atoms with Crippen LogP contribution in [0.4, 0.5) is 5.69 Å². The molecule has 9 heteroatoms. The lowest BCUT2D eigenvalue weighted by Gasteiger charge is -2.00. The number of nitrogens with zero attached hydrogens (tertiary/aromatic N) is 2. The number of fused-ring (bicyclic) bond motifs is 1. The lowest BCUT2D eigenvalue weighted by molar-refractivity contribution is -0.384. The Labute approximate surface area is 137 Å². The molecule has 0 N–H and O–H groups in total. The third-order valence-corrected chi connectivity index (χ3v) is 6.63. The maximum Gasteiger partial charge on any atom is 0.271 e. The van der Waals surface area contributed by atoms with Gasteiger partial charge in [-0.1, -0.05) is 15.9 Å². The number of nitro groups is 1. The van der Waals surface area contributed by atoms with Gasteiger partial charge in [-0.2, -0.15) is 0 Å². The number of nitro benzene ring substituents is 1. The van der Waals surface area contributed by atoms with Crippen LogP contribution in [0.2, 0.25) is 0 Å². The summed E-state index contributed by atoms with van der Waals surface area (Å²) in [6, 6.07) is 10.3. The van der Waals surface area contributed by atoms with E-state index in [2.05, 4.69) is 20.9 Å². The van der Waals surface area contributed by atoms with Crippen molar-refractivity contribution in [2.75, 3.05) is 0 Å². The second kappa shape index (κ2) is 5.41. The molecule has 0 bridgehead atoms. The number of halogens is 1. The van der Waals surface area contributed by atoms with Crippen molar-refractivity contribution in [3.05, 3.63) is 57.1 Å². The van der Waals surface area contributed by atoms with Crippen LogP contribution in [0, 0.1) is 10.1 Å². The van der Waals surface area contributed by atoms with Crippen LogP contribution in [0.3, 0.4) is 0 Å². The molecule has 0 aliphatic heterocycles. The van der Waals surface area contributed by atoms with Gasteiger partial charge < -0.3 is 0 Å². The van der Waals surface area contributed by atoms with E-state index >= 15 is 0 Å². The van der Waals surface area contributed by atoms with Gasteiger partial charge in [-0.25, -0.2) is 13.4 Å². The molecule has 0 saturated carbocycles. The minimum absolute atomic E-state index is 0.0784. The molecule has 0 radical (unpaired) electrons. The van der Waals surface area contributed by atoms with Crippen LogP contribution in [-0.4, -0.2) is 18.3 Å². The van der Waals surface area contributed by atoms with Crippen molar-refractivity contribution >= 4 is 53.0 Å². The molecule has 6 nitrogen and oxygen atoms in total. The minimum atomic E-state index is -3.73. The summed E-state index contributed by atoms with van der Waals surface area (Å²) in [4.78, 5) is 14.4. The zero-order valence-electron chi connectivity index (χ0n) is 10.8. The highest BCUT2D eigenvalue weighted by Gasteiger charge is 2.23. The molecule has 0 saturated heterocycles. The molecule has 3 rings (SSSR count). The molecule has 22 heavy (non-hydrogen) atoms. The third kappa shape index (κ3) is 2.62. The lowest BCUT2D eigenvalue weighted by atomic mass is 10.3. The van der Waals surface area contributed by atoms with E-state index in [9.17, 15) is 18.5 Å². The molecule has 2 aromatic carbocycles. The third-order valence-electron chi connectivity index (χ3n) is 2.92. The van der Waals surface area contributed by atoms with Gasteiger partial charge in [-0.15, -0.1) is 11.3 Å². The average Bonchev–Trinajstić information content (AvgIpc) is 2.91. The first-order chi connectivity index (χ1) is 10.4. The molecule has 0 aliphatic carbocycles. The number of benzene rings is 2. The fourth-order valence-corrected chi connectivity index (χ4v) is 4.69. The number of aromatic nitrogens is 1. The van der Waals surface area contributed by atoms with Gasteiger partial charge in [-0.3, -0.25) is 10.1 Å². The summed E-state index contributed by atoms with van der Waals surface area (Å²) in [6.07, 6.45) is 0. The Kier molecular flexibility index (Phi) is 3.71. The van der Waals surface area contributed by atoms with Gasteiger partial charge in [0, 0.05) is 16.6 Å². The van der Waals surface area contributed by atoms with E-state index in [1.54, 1.807) is 12.1 Å². The summed E-state index contributed by atoms with van der Waals surface area (Å²) in [5.41, 5.74) is 0.181. The van der Waals surface area contributed by atoms with E-state index in [1.165, 1.54) is 30.3 Å². The number of sulfone groups is 1. The highest BCUT2D eigenvalue weighted by molar-refractivity contribution is 9.10. The summed E-state index contributed by atoms with van der Waals surface area (Å²) in [5, 5.41) is 10.8. The van der Waals surface area contributed by atoms with Crippen molar-refractivity contribution in [2.45, 2.75) is 9.24 Å². The Balaban J connectivity index is 2.13. The number of non-ortho nitro benzene ring substituents is 1. The monoisotopic (exact) mass is 398 g/mol. The van der Waals surface area contributed by atoms with Crippen molar-refractivity contribution in [3.8, 4) is 0 Å². The van der Waals surface area contributed by atoms with Crippen LogP contribution in [0.15, 0.2) is 56.2 Å². The summed E-state index contributed by atoms with van der Waals surface area (Å²) in [7, 11) is -3.73. The molecule has 1 heterocycles. The van der Waals surface area contributed by atoms with Gasteiger partial charge in [0.1, 0.15) is 0 Å². The zero-order chi connectivity index (χ0) is 15.9. The second-order valence-corrected chi connectivity index (χ2v) is 8.42. The van der Waals surface area contributed by atoms with Gasteiger partial charge in [0.15, 0.2) is 0 Å². The quantitative estimate of drug-likeness (QED) is 0.494. The summed E-state index contributed by atoms with van der Waals surface area (Å²) < 4.78 is 26.3. The molecular weight excluding hydrogens is 392 g/mol. The van der Waals surface area contributed by atoms with Gasteiger partial charge in [0.05, 0.1) is 20.0 Å². The maximum absolute atomic E-state index is 12.5.